The first-order chi connectivity index (χ1) is 9.95. The summed E-state index contributed by atoms with van der Waals surface area (Å²) in [4.78, 5) is 1.95. The fraction of sp³-hybridized carbons (Fsp3) is 0.600. The van der Waals surface area contributed by atoms with E-state index in [0.717, 1.165) is 31.3 Å². The number of alkyl halides is 3. The Hall–Kier alpha value is -0.560. The maximum absolute atomic E-state index is 14.2. The highest BCUT2D eigenvalue weighted by atomic mass is 35.5. The van der Waals surface area contributed by atoms with Gasteiger partial charge in [-0.15, -0.1) is 24.8 Å². The van der Waals surface area contributed by atoms with E-state index >= 15 is 0 Å². The van der Waals surface area contributed by atoms with E-state index < -0.39 is 23.6 Å². The first kappa shape index (κ1) is 22.4. The molecule has 0 spiro atoms. The third-order valence-electron chi connectivity index (χ3n) is 3.85. The molecule has 0 unspecified atom stereocenters. The van der Waals surface area contributed by atoms with Gasteiger partial charge in [0.25, 0.3) is 0 Å². The fourth-order valence-corrected chi connectivity index (χ4v) is 2.90. The van der Waals surface area contributed by atoms with Gasteiger partial charge < -0.3 is 5.32 Å². The van der Waals surface area contributed by atoms with Gasteiger partial charge in [-0.05, 0) is 18.6 Å². The van der Waals surface area contributed by atoms with Crippen molar-refractivity contribution in [1.82, 2.24) is 10.2 Å². The Kier molecular flexibility index (Phi) is 9.43. The van der Waals surface area contributed by atoms with Gasteiger partial charge in [0, 0.05) is 37.8 Å². The van der Waals surface area contributed by atoms with Crippen LogP contribution in [0.3, 0.4) is 0 Å². The minimum absolute atomic E-state index is 0. The Morgan fingerprint density at radius 1 is 1.17 bits per heavy atom. The number of nitrogens with zero attached hydrogens (tertiary/aromatic N) is 1. The van der Waals surface area contributed by atoms with Crippen molar-refractivity contribution in [2.24, 2.45) is 0 Å². The van der Waals surface area contributed by atoms with Gasteiger partial charge in [0.15, 0.2) is 0 Å². The largest absolute Gasteiger partial charge is 0.416 e. The van der Waals surface area contributed by atoms with E-state index in [-0.39, 0.29) is 30.4 Å². The first-order valence-corrected chi connectivity index (χ1v) is 7.25. The average molecular weight is 377 g/mol. The van der Waals surface area contributed by atoms with E-state index in [0.29, 0.717) is 25.9 Å². The van der Waals surface area contributed by atoms with E-state index in [4.69, 9.17) is 0 Å². The molecular formula is C15H22Cl2F4N2. The van der Waals surface area contributed by atoms with Gasteiger partial charge in [-0.3, -0.25) is 4.90 Å². The van der Waals surface area contributed by atoms with Crippen molar-refractivity contribution in [3.05, 3.63) is 35.1 Å². The van der Waals surface area contributed by atoms with Crippen molar-refractivity contribution in [3.8, 4) is 0 Å². The molecule has 0 aromatic heterocycles. The summed E-state index contributed by atoms with van der Waals surface area (Å²) in [5.41, 5.74) is -1.05. The van der Waals surface area contributed by atoms with Gasteiger partial charge in [0.05, 0.1) is 5.56 Å². The van der Waals surface area contributed by atoms with Gasteiger partial charge in [0.2, 0.25) is 0 Å². The van der Waals surface area contributed by atoms with Gasteiger partial charge >= 0.3 is 6.18 Å². The standard InChI is InChI=1S/C15H20F4N2.2ClH/c1-2-4-13(21-9-7-20-8-10-21)14-11(15(17,18)19)5-3-6-12(14)16;;/h3,5-6,13,20H,2,4,7-10H2,1H3;2*1H/t13-;;/m0../s1. The molecule has 0 saturated carbocycles. The van der Waals surface area contributed by atoms with Crippen LogP contribution in [-0.4, -0.2) is 31.1 Å². The number of rotatable bonds is 4. The minimum Gasteiger partial charge on any atom is -0.314 e. The second-order valence-electron chi connectivity index (χ2n) is 5.29. The Labute approximate surface area is 146 Å². The Balaban J connectivity index is 0.00000242. The lowest BCUT2D eigenvalue weighted by Crippen LogP contribution is -2.45. The Bertz CT molecular complexity index is 477. The Morgan fingerprint density at radius 3 is 2.30 bits per heavy atom. The molecule has 1 heterocycles. The molecule has 1 aliphatic heterocycles. The minimum atomic E-state index is -4.53. The quantitative estimate of drug-likeness (QED) is 0.781. The molecule has 0 radical (unpaired) electrons. The summed E-state index contributed by atoms with van der Waals surface area (Å²) in [5.74, 6) is -0.762. The molecule has 1 fully saturated rings. The van der Waals surface area contributed by atoms with Crippen molar-refractivity contribution in [1.29, 1.82) is 0 Å². The third kappa shape index (κ3) is 5.48. The highest BCUT2D eigenvalue weighted by molar-refractivity contribution is 5.85. The number of hydrogen-bond acceptors (Lipinski definition) is 2. The second kappa shape index (κ2) is 9.67. The van der Waals surface area contributed by atoms with Gasteiger partial charge in [0.1, 0.15) is 5.82 Å². The van der Waals surface area contributed by atoms with E-state index in [9.17, 15) is 17.6 Å². The normalized spacial score (nSPS) is 17.1. The molecule has 1 N–H and O–H groups in total. The predicted octanol–water partition coefficient (Wildman–Crippen LogP) is 4.43. The first-order valence-electron chi connectivity index (χ1n) is 7.25. The van der Waals surface area contributed by atoms with Gasteiger partial charge in [-0.25, -0.2) is 4.39 Å². The molecule has 1 atom stereocenters. The van der Waals surface area contributed by atoms with Crippen LogP contribution in [-0.2, 0) is 6.18 Å². The predicted molar refractivity (Wildman–Crippen MR) is 88.0 cm³/mol. The lowest BCUT2D eigenvalue weighted by atomic mass is 9.94. The molecule has 2 rings (SSSR count). The third-order valence-corrected chi connectivity index (χ3v) is 3.85. The SMILES string of the molecule is CCC[C@@H](c1c(F)cccc1C(F)(F)F)N1CCNCC1.Cl.Cl. The van der Waals surface area contributed by atoms with Crippen molar-refractivity contribution in [2.75, 3.05) is 26.2 Å². The van der Waals surface area contributed by atoms with Gasteiger partial charge in [-0.1, -0.05) is 19.4 Å². The number of benzene rings is 1. The number of nitrogens with one attached hydrogen (secondary N) is 1. The van der Waals surface area contributed by atoms with Crippen molar-refractivity contribution in [3.63, 3.8) is 0 Å². The van der Waals surface area contributed by atoms with Crippen molar-refractivity contribution in [2.45, 2.75) is 32.0 Å². The summed E-state index contributed by atoms with van der Waals surface area (Å²) < 4.78 is 53.8. The lowest BCUT2D eigenvalue weighted by molar-refractivity contribution is -0.139. The van der Waals surface area contributed by atoms with Crippen LogP contribution in [0, 0.1) is 5.82 Å². The van der Waals surface area contributed by atoms with E-state index in [2.05, 4.69) is 5.32 Å². The van der Waals surface area contributed by atoms with Crippen LogP contribution in [0.5, 0.6) is 0 Å². The molecule has 134 valence electrons. The summed E-state index contributed by atoms with van der Waals surface area (Å²) in [6.45, 7) is 4.61. The van der Waals surface area contributed by atoms with E-state index in [1.165, 1.54) is 0 Å². The van der Waals surface area contributed by atoms with Crippen molar-refractivity contribution < 1.29 is 17.6 Å². The number of piperazine rings is 1. The lowest BCUT2D eigenvalue weighted by Gasteiger charge is -2.36. The van der Waals surface area contributed by atoms with E-state index in [1.807, 2.05) is 11.8 Å². The van der Waals surface area contributed by atoms with Crippen LogP contribution in [0.1, 0.15) is 36.9 Å². The molecule has 23 heavy (non-hydrogen) atoms. The summed E-state index contributed by atoms with van der Waals surface area (Å²) in [5, 5.41) is 3.16. The van der Waals surface area contributed by atoms with Crippen LogP contribution >= 0.6 is 24.8 Å². The molecular weight excluding hydrogens is 355 g/mol. The summed E-state index contributed by atoms with van der Waals surface area (Å²) in [6, 6.07) is 2.70. The molecule has 0 bridgehead atoms. The van der Waals surface area contributed by atoms with Crippen LogP contribution in [0.25, 0.3) is 0 Å². The summed E-state index contributed by atoms with van der Waals surface area (Å²) in [6.07, 6.45) is -3.30. The topological polar surface area (TPSA) is 15.3 Å². The monoisotopic (exact) mass is 376 g/mol. The maximum atomic E-state index is 14.2. The van der Waals surface area contributed by atoms with Crippen LogP contribution < -0.4 is 5.32 Å². The molecule has 1 aromatic carbocycles. The summed E-state index contributed by atoms with van der Waals surface area (Å²) >= 11 is 0. The molecule has 1 saturated heterocycles. The maximum Gasteiger partial charge on any atom is 0.416 e. The molecule has 1 aromatic rings. The molecule has 0 amide bonds. The highest BCUT2D eigenvalue weighted by Crippen LogP contribution is 2.39. The van der Waals surface area contributed by atoms with Gasteiger partial charge in [-0.2, -0.15) is 13.2 Å². The Morgan fingerprint density at radius 2 is 1.78 bits per heavy atom. The molecule has 0 aliphatic carbocycles. The van der Waals surface area contributed by atoms with Crippen LogP contribution in [0.4, 0.5) is 17.6 Å². The molecule has 1 aliphatic rings. The van der Waals surface area contributed by atoms with Crippen molar-refractivity contribution >= 4 is 24.8 Å². The highest BCUT2D eigenvalue weighted by Gasteiger charge is 2.38. The summed E-state index contributed by atoms with van der Waals surface area (Å²) in [7, 11) is 0. The number of hydrogen-bond donors (Lipinski definition) is 1. The second-order valence-corrected chi connectivity index (χ2v) is 5.29. The molecule has 8 heteroatoms. The fourth-order valence-electron chi connectivity index (χ4n) is 2.90. The zero-order valence-electron chi connectivity index (χ0n) is 12.8. The zero-order chi connectivity index (χ0) is 15.5. The number of halogens is 6. The van der Waals surface area contributed by atoms with E-state index in [1.54, 1.807) is 0 Å². The van der Waals surface area contributed by atoms with Crippen LogP contribution in [0.15, 0.2) is 18.2 Å². The van der Waals surface area contributed by atoms with Crippen LogP contribution in [0.2, 0.25) is 0 Å². The molecule has 2 nitrogen and oxygen atoms in total. The smallest absolute Gasteiger partial charge is 0.314 e. The zero-order valence-corrected chi connectivity index (χ0v) is 14.5. The average Bonchev–Trinajstić information content (AvgIpc) is 2.45.